The molecule has 148 valence electrons. The van der Waals surface area contributed by atoms with E-state index < -0.39 is 8.32 Å². The van der Waals surface area contributed by atoms with Gasteiger partial charge in [-0.3, -0.25) is 4.79 Å². The summed E-state index contributed by atoms with van der Waals surface area (Å²) in [4.78, 5) is 12.6. The van der Waals surface area contributed by atoms with Crippen LogP contribution in [-0.4, -0.2) is 38.2 Å². The minimum atomic E-state index is -1.77. The lowest BCUT2D eigenvalue weighted by atomic mass is 9.73. The van der Waals surface area contributed by atoms with Crippen LogP contribution in [-0.2, 0) is 18.7 Å². The van der Waals surface area contributed by atoms with Gasteiger partial charge < -0.3 is 13.9 Å². The number of allylic oxidation sites excluding steroid dienone is 2. The number of fused-ring (bicyclic) bond motifs is 2. The Morgan fingerprint density at radius 3 is 2.50 bits per heavy atom. The summed E-state index contributed by atoms with van der Waals surface area (Å²) in [6.45, 7) is 13.1. The maximum Gasteiger partial charge on any atom is 0.309 e. The Labute approximate surface area is 159 Å². The summed E-state index contributed by atoms with van der Waals surface area (Å²) in [5, 5.41) is 0. The van der Waals surface area contributed by atoms with E-state index in [0.717, 1.165) is 37.4 Å². The molecule has 0 aromatic heterocycles. The van der Waals surface area contributed by atoms with E-state index in [1.807, 2.05) is 0 Å². The fourth-order valence-electron chi connectivity index (χ4n) is 5.08. The number of ether oxygens (including phenoxy) is 2. The smallest absolute Gasteiger partial charge is 0.309 e. The van der Waals surface area contributed by atoms with Gasteiger partial charge in [0, 0.05) is 12.3 Å². The fraction of sp³-hybridized carbons (Fsp3) is 0.857. The second-order valence-electron chi connectivity index (χ2n) is 8.90. The number of hydrogen-bond donors (Lipinski definition) is 0. The first-order chi connectivity index (χ1) is 12.3. The van der Waals surface area contributed by atoms with Crippen molar-refractivity contribution in [1.29, 1.82) is 0 Å². The van der Waals surface area contributed by atoms with E-state index in [1.165, 1.54) is 5.57 Å². The highest BCUT2D eigenvalue weighted by Crippen LogP contribution is 2.56. The van der Waals surface area contributed by atoms with E-state index in [2.05, 4.69) is 47.6 Å². The van der Waals surface area contributed by atoms with Crippen molar-refractivity contribution in [1.82, 2.24) is 0 Å². The molecular weight excluding hydrogens is 344 g/mol. The highest BCUT2D eigenvalue weighted by Gasteiger charge is 2.69. The zero-order valence-electron chi connectivity index (χ0n) is 17.3. The minimum absolute atomic E-state index is 0.0163. The maximum absolute atomic E-state index is 12.6. The first-order valence-electron chi connectivity index (χ1n) is 10.5. The van der Waals surface area contributed by atoms with Crippen LogP contribution in [0.25, 0.3) is 0 Å². The van der Waals surface area contributed by atoms with Gasteiger partial charge in [0.15, 0.2) is 8.32 Å². The first-order valence-corrected chi connectivity index (χ1v) is 13.0. The Morgan fingerprint density at radius 2 is 1.92 bits per heavy atom. The van der Waals surface area contributed by atoms with Crippen LogP contribution >= 0.6 is 0 Å². The van der Waals surface area contributed by atoms with Crippen LogP contribution in [0.2, 0.25) is 18.1 Å². The van der Waals surface area contributed by atoms with Crippen molar-refractivity contribution in [2.75, 3.05) is 0 Å². The summed E-state index contributed by atoms with van der Waals surface area (Å²) in [5.74, 6) is 0.0919. The summed E-state index contributed by atoms with van der Waals surface area (Å²) in [6.07, 6.45) is 4.96. The molecule has 0 N–H and O–H groups in total. The SMILES string of the molecule is CC[Si](CC)(CC)O[C@H]1[C@H]2C(CCC=C(C)C)C(=O)O[C@H]2C[C@@]2(C)O[C@@H]12. The monoisotopic (exact) mass is 380 g/mol. The number of carbonyl (C=O) groups is 1. The van der Waals surface area contributed by atoms with E-state index >= 15 is 0 Å². The van der Waals surface area contributed by atoms with Crippen molar-refractivity contribution < 1.29 is 18.7 Å². The van der Waals surface area contributed by atoms with Crippen LogP contribution in [0.5, 0.6) is 0 Å². The van der Waals surface area contributed by atoms with E-state index in [-0.39, 0.29) is 41.7 Å². The molecule has 2 heterocycles. The second kappa shape index (κ2) is 7.40. The third-order valence-corrected chi connectivity index (χ3v) is 11.7. The molecule has 3 fully saturated rings. The highest BCUT2D eigenvalue weighted by atomic mass is 28.4. The Morgan fingerprint density at radius 1 is 1.27 bits per heavy atom. The van der Waals surface area contributed by atoms with Crippen LogP contribution in [0.1, 0.15) is 60.8 Å². The van der Waals surface area contributed by atoms with Gasteiger partial charge in [0.2, 0.25) is 0 Å². The maximum atomic E-state index is 12.6. The van der Waals surface area contributed by atoms with Gasteiger partial charge in [0.25, 0.3) is 0 Å². The van der Waals surface area contributed by atoms with Crippen LogP contribution in [0.4, 0.5) is 0 Å². The van der Waals surface area contributed by atoms with Crippen molar-refractivity contribution in [2.45, 2.75) is 103 Å². The normalized spacial score (nSPS) is 38.4. The van der Waals surface area contributed by atoms with Crippen LogP contribution in [0.3, 0.4) is 0 Å². The van der Waals surface area contributed by atoms with Gasteiger partial charge in [-0.25, -0.2) is 0 Å². The number of esters is 1. The zero-order chi connectivity index (χ0) is 19.1. The second-order valence-corrected chi connectivity index (χ2v) is 13.6. The Hall–Kier alpha value is -0.653. The quantitative estimate of drug-likeness (QED) is 0.262. The molecule has 0 bridgehead atoms. The van der Waals surface area contributed by atoms with Crippen molar-refractivity contribution in [3.63, 3.8) is 0 Å². The summed E-state index contributed by atoms with van der Waals surface area (Å²) < 4.78 is 18.9. The average molecular weight is 381 g/mol. The van der Waals surface area contributed by atoms with Gasteiger partial charge in [-0.05, 0) is 51.7 Å². The lowest BCUT2D eigenvalue weighted by Crippen LogP contribution is -2.52. The summed E-state index contributed by atoms with van der Waals surface area (Å²) in [7, 11) is -1.77. The lowest BCUT2D eigenvalue weighted by molar-refractivity contribution is -0.145. The molecule has 1 unspecified atom stereocenters. The van der Waals surface area contributed by atoms with Gasteiger partial charge >= 0.3 is 5.97 Å². The predicted octanol–water partition coefficient (Wildman–Crippen LogP) is 4.84. The van der Waals surface area contributed by atoms with E-state index in [0.29, 0.717) is 0 Å². The van der Waals surface area contributed by atoms with E-state index in [1.54, 1.807) is 0 Å². The van der Waals surface area contributed by atoms with Gasteiger partial charge in [0.1, 0.15) is 12.2 Å². The lowest BCUT2D eigenvalue weighted by Gasteiger charge is -2.40. The molecule has 2 aliphatic heterocycles. The van der Waals surface area contributed by atoms with Crippen LogP contribution in [0.15, 0.2) is 11.6 Å². The molecular formula is C21H36O4Si. The Kier molecular flexibility index (Phi) is 5.72. The minimum Gasteiger partial charge on any atom is -0.462 e. The van der Waals surface area contributed by atoms with E-state index in [4.69, 9.17) is 13.9 Å². The van der Waals surface area contributed by atoms with Gasteiger partial charge in [-0.2, -0.15) is 0 Å². The molecule has 0 aromatic carbocycles. The number of rotatable bonds is 8. The Balaban J connectivity index is 1.83. The standard InChI is InChI=1S/C21H36O4Si/c1-7-26(8-2,9-3)25-18-17-15(12-10-11-14(4)5)20(22)23-16(17)13-21(6)19(18)24-21/h11,15-19H,7-10,12-13H2,1-6H3/t15?,16-,17-,18-,19-,21+/m0/s1. The molecule has 4 nitrogen and oxygen atoms in total. The fourth-order valence-corrected chi connectivity index (χ4v) is 7.93. The third kappa shape index (κ3) is 3.55. The number of hydrogen-bond acceptors (Lipinski definition) is 4. The largest absolute Gasteiger partial charge is 0.462 e. The Bertz CT molecular complexity index is 558. The first kappa shape index (κ1) is 20.1. The topological polar surface area (TPSA) is 48.1 Å². The molecule has 0 radical (unpaired) electrons. The summed E-state index contributed by atoms with van der Waals surface area (Å²) in [6, 6.07) is 3.36. The molecule has 6 atom stereocenters. The van der Waals surface area contributed by atoms with Crippen LogP contribution < -0.4 is 0 Å². The molecule has 2 saturated heterocycles. The van der Waals surface area contributed by atoms with Crippen molar-refractivity contribution in [3.8, 4) is 0 Å². The number of epoxide rings is 1. The van der Waals surface area contributed by atoms with Gasteiger partial charge in [-0.1, -0.05) is 32.4 Å². The summed E-state index contributed by atoms with van der Waals surface area (Å²) in [5.41, 5.74) is 1.15. The number of carbonyl (C=O) groups excluding carboxylic acids is 1. The zero-order valence-corrected chi connectivity index (χ0v) is 18.3. The van der Waals surface area contributed by atoms with Gasteiger partial charge in [-0.15, -0.1) is 0 Å². The van der Waals surface area contributed by atoms with Crippen molar-refractivity contribution in [2.24, 2.45) is 11.8 Å². The van der Waals surface area contributed by atoms with Gasteiger partial charge in [0.05, 0.1) is 17.6 Å². The van der Waals surface area contributed by atoms with Crippen LogP contribution in [0, 0.1) is 11.8 Å². The molecule has 3 aliphatic rings. The molecule has 1 saturated carbocycles. The third-order valence-electron chi connectivity index (χ3n) is 7.04. The molecule has 0 amide bonds. The highest BCUT2D eigenvalue weighted by molar-refractivity contribution is 6.73. The molecule has 3 rings (SSSR count). The molecule has 5 heteroatoms. The summed E-state index contributed by atoms with van der Waals surface area (Å²) >= 11 is 0. The predicted molar refractivity (Wildman–Crippen MR) is 105 cm³/mol. The van der Waals surface area contributed by atoms with Crippen molar-refractivity contribution >= 4 is 14.3 Å². The molecule has 0 spiro atoms. The average Bonchev–Trinajstić information content (AvgIpc) is 3.18. The molecule has 26 heavy (non-hydrogen) atoms. The van der Waals surface area contributed by atoms with E-state index in [9.17, 15) is 4.79 Å². The van der Waals surface area contributed by atoms with Crippen molar-refractivity contribution in [3.05, 3.63) is 11.6 Å². The molecule has 0 aromatic rings. The molecule has 1 aliphatic carbocycles.